The molecule has 134 valence electrons. The fraction of sp³-hybridized carbons (Fsp3) is 0.118. The maximum absolute atomic E-state index is 13.2. The molecule has 1 saturated heterocycles. The number of nitrogens with zero attached hydrogens (tertiary/aromatic N) is 1. The Hall–Kier alpha value is -2.61. The summed E-state index contributed by atoms with van der Waals surface area (Å²) in [6.45, 7) is -0.621. The van der Waals surface area contributed by atoms with Crippen molar-refractivity contribution in [2.75, 3.05) is 6.54 Å². The van der Waals surface area contributed by atoms with Crippen LogP contribution in [0.25, 0.3) is 0 Å². The minimum absolute atomic E-state index is 0.466. The summed E-state index contributed by atoms with van der Waals surface area (Å²) in [5.41, 5.74) is 0.802. The quantitative estimate of drug-likeness (QED) is 0.421. The van der Waals surface area contributed by atoms with Gasteiger partial charge in [-0.15, -0.1) is 0 Å². The van der Waals surface area contributed by atoms with E-state index in [4.69, 9.17) is 28.4 Å². The first-order chi connectivity index (χ1) is 12.4. The van der Waals surface area contributed by atoms with Crippen molar-refractivity contribution in [1.29, 1.82) is 0 Å². The smallest absolute Gasteiger partial charge is 0.315 e. The van der Waals surface area contributed by atoms with Crippen LogP contribution < -0.4 is 10.8 Å². The lowest BCUT2D eigenvalue weighted by molar-refractivity contribution is -0.137. The Labute approximate surface area is 158 Å². The summed E-state index contributed by atoms with van der Waals surface area (Å²) in [7, 11) is 0. The fourth-order valence-electron chi connectivity index (χ4n) is 2.86. The lowest BCUT2D eigenvalue weighted by Crippen LogP contribution is -2.46. The molecule has 0 radical (unpaired) electrons. The highest BCUT2D eigenvalue weighted by Crippen LogP contribution is 2.37. The van der Waals surface area contributed by atoms with Crippen LogP contribution in [0.2, 0.25) is 10.0 Å². The van der Waals surface area contributed by atoms with Gasteiger partial charge in [0.2, 0.25) is 0 Å². The van der Waals surface area contributed by atoms with E-state index in [9.17, 15) is 14.4 Å². The van der Waals surface area contributed by atoms with Crippen molar-refractivity contribution < 1.29 is 19.6 Å². The highest BCUT2D eigenvalue weighted by atomic mass is 35.5. The van der Waals surface area contributed by atoms with Crippen molar-refractivity contribution in [3.05, 3.63) is 69.7 Å². The number of rotatable bonds is 4. The number of nitrogens with one attached hydrogen (secondary N) is 2. The average Bonchev–Trinajstić information content (AvgIpc) is 2.88. The van der Waals surface area contributed by atoms with Gasteiger partial charge in [0.25, 0.3) is 11.8 Å². The number of carbonyl (C=O) groups excluding carboxylic acids is 3. The van der Waals surface area contributed by atoms with Crippen LogP contribution in [-0.2, 0) is 15.1 Å². The molecule has 3 N–H and O–H groups in total. The van der Waals surface area contributed by atoms with Crippen LogP contribution >= 0.6 is 23.2 Å². The van der Waals surface area contributed by atoms with Gasteiger partial charge in [0.15, 0.2) is 5.54 Å². The molecular formula is C17H13Cl2N3O4. The number of urea groups is 1. The van der Waals surface area contributed by atoms with E-state index in [-0.39, 0.29) is 0 Å². The van der Waals surface area contributed by atoms with E-state index in [0.717, 1.165) is 4.90 Å². The molecule has 2 aromatic rings. The molecule has 1 aliphatic rings. The summed E-state index contributed by atoms with van der Waals surface area (Å²) < 4.78 is 0. The third kappa shape index (κ3) is 3.01. The van der Waals surface area contributed by atoms with Gasteiger partial charge in [0, 0.05) is 10.0 Å². The zero-order valence-corrected chi connectivity index (χ0v) is 14.7. The van der Waals surface area contributed by atoms with Crippen LogP contribution in [-0.4, -0.2) is 34.5 Å². The molecule has 1 aliphatic heterocycles. The van der Waals surface area contributed by atoms with Crippen LogP contribution in [0.4, 0.5) is 4.79 Å². The number of hydrogen-bond donors (Lipinski definition) is 3. The van der Waals surface area contributed by atoms with Crippen molar-refractivity contribution in [3.63, 3.8) is 0 Å². The monoisotopic (exact) mass is 393 g/mol. The second-order valence-corrected chi connectivity index (χ2v) is 6.49. The molecule has 0 spiro atoms. The summed E-state index contributed by atoms with van der Waals surface area (Å²) in [5, 5.41) is 12.3. The molecule has 0 atom stereocenters. The maximum atomic E-state index is 13.2. The van der Waals surface area contributed by atoms with Gasteiger partial charge < -0.3 is 5.32 Å². The summed E-state index contributed by atoms with van der Waals surface area (Å²) >= 11 is 11.9. The van der Waals surface area contributed by atoms with Crippen molar-refractivity contribution in [3.8, 4) is 0 Å². The summed E-state index contributed by atoms with van der Waals surface area (Å²) in [5.74, 6) is -1.55. The lowest BCUT2D eigenvalue weighted by atomic mass is 9.82. The predicted molar refractivity (Wildman–Crippen MR) is 93.9 cm³/mol. The Kier molecular flexibility index (Phi) is 4.86. The number of imide groups is 1. The molecule has 1 heterocycles. The Morgan fingerprint density at radius 3 is 1.88 bits per heavy atom. The van der Waals surface area contributed by atoms with E-state index in [1.165, 1.54) is 5.48 Å². The van der Waals surface area contributed by atoms with Crippen molar-refractivity contribution in [2.24, 2.45) is 0 Å². The first kappa shape index (κ1) is 18.2. The van der Waals surface area contributed by atoms with E-state index in [0.29, 0.717) is 21.2 Å². The van der Waals surface area contributed by atoms with Crippen LogP contribution in [0.3, 0.4) is 0 Å². The Morgan fingerprint density at radius 1 is 1.00 bits per heavy atom. The highest BCUT2D eigenvalue weighted by Gasteiger charge is 2.54. The van der Waals surface area contributed by atoms with Crippen LogP contribution in [0.5, 0.6) is 0 Å². The summed E-state index contributed by atoms with van der Waals surface area (Å²) in [4.78, 5) is 37.8. The van der Waals surface area contributed by atoms with Gasteiger partial charge in [0.05, 0.1) is 0 Å². The van der Waals surface area contributed by atoms with Gasteiger partial charge in [-0.25, -0.2) is 10.3 Å². The third-order valence-electron chi connectivity index (χ3n) is 4.09. The van der Waals surface area contributed by atoms with E-state index in [1.54, 1.807) is 48.5 Å². The normalized spacial score (nSPS) is 15.7. The van der Waals surface area contributed by atoms with E-state index in [1.807, 2.05) is 0 Å². The van der Waals surface area contributed by atoms with Gasteiger partial charge in [-0.05, 0) is 35.4 Å². The third-order valence-corrected chi connectivity index (χ3v) is 4.59. The number of hydrogen-bond acceptors (Lipinski definition) is 4. The Balaban J connectivity index is 2.14. The van der Waals surface area contributed by atoms with Crippen LogP contribution in [0, 0.1) is 0 Å². The SMILES string of the molecule is O=C(CN1C(=O)NC(c2ccc(Cl)cc2)(c2ccc(Cl)cc2)C1=O)NO. The molecule has 3 rings (SSSR count). The molecule has 9 heteroatoms. The van der Waals surface area contributed by atoms with E-state index < -0.39 is 29.9 Å². The van der Waals surface area contributed by atoms with Crippen molar-refractivity contribution >= 4 is 41.0 Å². The molecule has 4 amide bonds. The van der Waals surface area contributed by atoms with Crippen LogP contribution in [0.15, 0.2) is 48.5 Å². The molecule has 0 aliphatic carbocycles. The Bertz CT molecular complexity index is 823. The van der Waals surface area contributed by atoms with Gasteiger partial charge in [-0.2, -0.15) is 0 Å². The second kappa shape index (κ2) is 6.95. The van der Waals surface area contributed by atoms with Gasteiger partial charge in [0.1, 0.15) is 6.54 Å². The first-order valence-electron chi connectivity index (χ1n) is 7.47. The topological polar surface area (TPSA) is 98.7 Å². The van der Waals surface area contributed by atoms with Gasteiger partial charge in [-0.1, -0.05) is 47.5 Å². The largest absolute Gasteiger partial charge is 0.326 e. The zero-order valence-electron chi connectivity index (χ0n) is 13.2. The molecule has 26 heavy (non-hydrogen) atoms. The number of amides is 4. The molecule has 0 aromatic heterocycles. The molecular weight excluding hydrogens is 381 g/mol. The summed E-state index contributed by atoms with van der Waals surface area (Å²) in [6.07, 6.45) is 0. The summed E-state index contributed by atoms with van der Waals surface area (Å²) in [6, 6.07) is 12.1. The molecule has 7 nitrogen and oxygen atoms in total. The first-order valence-corrected chi connectivity index (χ1v) is 8.23. The number of hydroxylamine groups is 1. The van der Waals surface area contributed by atoms with E-state index >= 15 is 0 Å². The van der Waals surface area contributed by atoms with Crippen LogP contribution in [0.1, 0.15) is 11.1 Å². The van der Waals surface area contributed by atoms with Gasteiger partial charge in [-0.3, -0.25) is 19.7 Å². The molecule has 2 aromatic carbocycles. The number of halogens is 2. The zero-order chi connectivity index (χ0) is 18.9. The van der Waals surface area contributed by atoms with Gasteiger partial charge >= 0.3 is 6.03 Å². The predicted octanol–water partition coefficient (Wildman–Crippen LogP) is 2.29. The maximum Gasteiger partial charge on any atom is 0.326 e. The molecule has 0 bridgehead atoms. The standard InChI is InChI=1S/C17H13Cl2N3O4/c18-12-5-1-10(2-6-12)17(11-3-7-13(19)8-4-11)15(24)22(16(25)20-17)9-14(23)21-26/h1-8,26H,9H2,(H,20,25)(H,21,23). The number of benzene rings is 2. The fourth-order valence-corrected chi connectivity index (χ4v) is 3.11. The molecule has 0 saturated carbocycles. The Morgan fingerprint density at radius 2 is 1.46 bits per heavy atom. The average molecular weight is 394 g/mol. The highest BCUT2D eigenvalue weighted by molar-refractivity contribution is 6.31. The minimum atomic E-state index is -1.54. The lowest BCUT2D eigenvalue weighted by Gasteiger charge is -2.28. The number of carbonyl (C=O) groups is 3. The van der Waals surface area contributed by atoms with Crippen molar-refractivity contribution in [1.82, 2.24) is 15.7 Å². The molecule has 0 unspecified atom stereocenters. The second-order valence-electron chi connectivity index (χ2n) is 5.62. The minimum Gasteiger partial charge on any atom is -0.315 e. The van der Waals surface area contributed by atoms with E-state index in [2.05, 4.69) is 5.32 Å². The molecule has 1 fully saturated rings. The van der Waals surface area contributed by atoms with Crippen molar-refractivity contribution in [2.45, 2.75) is 5.54 Å².